The van der Waals surface area contributed by atoms with Gasteiger partial charge in [0, 0.05) is 6.42 Å². The number of hydrogen-bond acceptors (Lipinski definition) is 7. The van der Waals surface area contributed by atoms with Crippen LogP contribution in [0.3, 0.4) is 0 Å². The fourth-order valence-electron chi connectivity index (χ4n) is 1.80. The minimum atomic E-state index is -1.54. The van der Waals surface area contributed by atoms with E-state index in [9.17, 15) is 28.8 Å². The van der Waals surface area contributed by atoms with E-state index in [4.69, 9.17) is 21.7 Å². The average Bonchev–Trinajstić information content (AvgIpc) is 2.54. The van der Waals surface area contributed by atoms with Gasteiger partial charge < -0.3 is 37.6 Å². The van der Waals surface area contributed by atoms with E-state index in [1.54, 1.807) is 0 Å². The van der Waals surface area contributed by atoms with Crippen molar-refractivity contribution in [2.24, 2.45) is 11.5 Å². The number of aliphatic carboxylic acids is 2. The van der Waals surface area contributed by atoms with E-state index in [1.165, 1.54) is 6.92 Å². The van der Waals surface area contributed by atoms with Crippen LogP contribution in [0.2, 0.25) is 0 Å². The molecule has 0 bridgehead atoms. The lowest BCUT2D eigenvalue weighted by Crippen LogP contribution is -2.56. The highest BCUT2D eigenvalue weighted by atomic mass is 16.4. The zero-order valence-electron chi connectivity index (χ0n) is 14.6. The van der Waals surface area contributed by atoms with E-state index >= 15 is 0 Å². The lowest BCUT2D eigenvalue weighted by atomic mass is 10.1. The fraction of sp³-hybridized carbons (Fsp3) is 0.571. The van der Waals surface area contributed by atoms with E-state index in [1.807, 2.05) is 5.32 Å². The van der Waals surface area contributed by atoms with Crippen LogP contribution >= 0.6 is 0 Å². The molecule has 0 aromatic heterocycles. The summed E-state index contributed by atoms with van der Waals surface area (Å²) in [7, 11) is 0. The maximum Gasteiger partial charge on any atom is 0.322 e. The Kier molecular flexibility index (Phi) is 10.0. The van der Waals surface area contributed by atoms with E-state index < -0.39 is 66.7 Å². The molecule has 0 fully saturated rings. The molecular weight excluding hydrogens is 366 g/mol. The smallest absolute Gasteiger partial charge is 0.322 e. The molecule has 3 unspecified atom stereocenters. The number of nitrogens with two attached hydrogens (primary N) is 2. The molecule has 4 amide bonds. The average molecular weight is 389 g/mol. The van der Waals surface area contributed by atoms with Crippen LogP contribution in [0.15, 0.2) is 0 Å². The summed E-state index contributed by atoms with van der Waals surface area (Å²) in [6.07, 6.45) is -1.35. The van der Waals surface area contributed by atoms with Crippen molar-refractivity contribution >= 4 is 35.6 Å². The normalized spacial score (nSPS) is 13.6. The Morgan fingerprint density at radius 3 is 1.89 bits per heavy atom. The zero-order valence-corrected chi connectivity index (χ0v) is 14.6. The molecule has 152 valence electrons. The molecular formula is C14H23N5O8. The van der Waals surface area contributed by atoms with Gasteiger partial charge in [-0.15, -0.1) is 0 Å². The molecule has 0 spiro atoms. The van der Waals surface area contributed by atoms with Crippen LogP contribution in [0.1, 0.15) is 26.2 Å². The van der Waals surface area contributed by atoms with Crippen molar-refractivity contribution in [3.05, 3.63) is 0 Å². The molecule has 13 heteroatoms. The van der Waals surface area contributed by atoms with Crippen LogP contribution in [-0.2, 0) is 28.8 Å². The summed E-state index contributed by atoms with van der Waals surface area (Å²) in [5.74, 6) is -6.24. The third-order valence-electron chi connectivity index (χ3n) is 3.15. The van der Waals surface area contributed by atoms with Gasteiger partial charge in [0.25, 0.3) is 0 Å². The Morgan fingerprint density at radius 2 is 1.44 bits per heavy atom. The molecule has 0 heterocycles. The second-order valence-corrected chi connectivity index (χ2v) is 5.63. The summed E-state index contributed by atoms with van der Waals surface area (Å²) in [5.41, 5.74) is 10.3. The Bertz CT molecular complexity index is 606. The molecule has 27 heavy (non-hydrogen) atoms. The van der Waals surface area contributed by atoms with Gasteiger partial charge in [-0.3, -0.25) is 28.8 Å². The minimum Gasteiger partial charge on any atom is -0.481 e. The molecule has 0 aliphatic heterocycles. The first kappa shape index (κ1) is 23.8. The summed E-state index contributed by atoms with van der Waals surface area (Å²) in [6.45, 7) is 0.585. The molecule has 0 aliphatic carbocycles. The van der Waals surface area contributed by atoms with Crippen molar-refractivity contribution in [3.63, 3.8) is 0 Å². The first-order chi connectivity index (χ1) is 12.4. The lowest BCUT2D eigenvalue weighted by Gasteiger charge is -2.22. The molecule has 0 aliphatic rings. The van der Waals surface area contributed by atoms with Crippen LogP contribution < -0.4 is 27.4 Å². The van der Waals surface area contributed by atoms with Crippen LogP contribution in [0.5, 0.6) is 0 Å². The SMILES string of the molecule is CC(N)C(=O)NC(CC(=O)O)C(=O)NC(CCC(N)=O)C(=O)NCC(=O)O. The van der Waals surface area contributed by atoms with E-state index in [2.05, 4.69) is 10.6 Å². The number of nitrogens with one attached hydrogen (secondary N) is 3. The monoisotopic (exact) mass is 389 g/mol. The standard InChI is InChI=1S/C14H23N5O8/c1-6(15)12(25)19-8(4-10(21)22)14(27)18-7(2-3-9(16)20)13(26)17-5-11(23)24/h6-8H,2-5,15H2,1H3,(H2,16,20)(H,17,26)(H,18,27)(H,19,25)(H,21,22)(H,23,24). The Morgan fingerprint density at radius 1 is 0.889 bits per heavy atom. The van der Waals surface area contributed by atoms with E-state index in [0.717, 1.165) is 0 Å². The van der Waals surface area contributed by atoms with Crippen molar-refractivity contribution < 1.29 is 39.0 Å². The Labute approximate surface area is 153 Å². The predicted octanol–water partition coefficient (Wildman–Crippen LogP) is -3.76. The van der Waals surface area contributed by atoms with Crippen molar-refractivity contribution in [1.29, 1.82) is 0 Å². The number of carboxylic acid groups (broad SMARTS) is 2. The fourth-order valence-corrected chi connectivity index (χ4v) is 1.80. The predicted molar refractivity (Wildman–Crippen MR) is 88.8 cm³/mol. The second kappa shape index (κ2) is 11.4. The van der Waals surface area contributed by atoms with E-state index in [0.29, 0.717) is 0 Å². The second-order valence-electron chi connectivity index (χ2n) is 5.63. The first-order valence-electron chi connectivity index (χ1n) is 7.80. The van der Waals surface area contributed by atoms with E-state index in [-0.39, 0.29) is 12.8 Å². The number of hydrogen-bond donors (Lipinski definition) is 7. The summed E-state index contributed by atoms with van der Waals surface area (Å²) in [5, 5.41) is 23.8. The Hall–Kier alpha value is -3.22. The topological polar surface area (TPSA) is 231 Å². The number of carboxylic acids is 2. The maximum atomic E-state index is 12.3. The highest BCUT2D eigenvalue weighted by Gasteiger charge is 2.29. The number of rotatable bonds is 12. The van der Waals surface area contributed by atoms with Gasteiger partial charge in [-0.05, 0) is 13.3 Å². The van der Waals surface area contributed by atoms with Gasteiger partial charge >= 0.3 is 11.9 Å². The van der Waals surface area contributed by atoms with Crippen LogP contribution in [-0.4, -0.2) is 70.5 Å². The number of primary amides is 1. The van der Waals surface area contributed by atoms with Crippen molar-refractivity contribution in [2.75, 3.05) is 6.54 Å². The van der Waals surface area contributed by atoms with Crippen molar-refractivity contribution in [2.45, 2.75) is 44.3 Å². The largest absolute Gasteiger partial charge is 0.481 e. The van der Waals surface area contributed by atoms with Gasteiger partial charge in [0.15, 0.2) is 0 Å². The van der Waals surface area contributed by atoms with Gasteiger partial charge in [-0.25, -0.2) is 0 Å². The Balaban J connectivity index is 5.22. The molecule has 0 saturated carbocycles. The molecule has 0 aromatic carbocycles. The van der Waals surface area contributed by atoms with Crippen molar-refractivity contribution in [3.8, 4) is 0 Å². The van der Waals surface area contributed by atoms with Gasteiger partial charge in [0.05, 0.1) is 12.5 Å². The molecule has 9 N–H and O–H groups in total. The number of carbonyl (C=O) groups is 6. The molecule has 0 rings (SSSR count). The summed E-state index contributed by atoms with van der Waals surface area (Å²) >= 11 is 0. The minimum absolute atomic E-state index is 0.256. The van der Waals surface area contributed by atoms with Gasteiger partial charge in [0.2, 0.25) is 23.6 Å². The highest BCUT2D eigenvalue weighted by molar-refractivity contribution is 5.95. The molecule has 0 saturated heterocycles. The third-order valence-corrected chi connectivity index (χ3v) is 3.15. The van der Waals surface area contributed by atoms with Gasteiger partial charge in [0.1, 0.15) is 18.6 Å². The first-order valence-corrected chi connectivity index (χ1v) is 7.80. The summed E-state index contributed by atoms with van der Waals surface area (Å²) < 4.78 is 0. The lowest BCUT2D eigenvalue weighted by molar-refractivity contribution is -0.141. The van der Waals surface area contributed by atoms with Crippen molar-refractivity contribution in [1.82, 2.24) is 16.0 Å². The zero-order chi connectivity index (χ0) is 21.1. The molecule has 13 nitrogen and oxygen atoms in total. The summed E-state index contributed by atoms with van der Waals surface area (Å²) in [4.78, 5) is 68.3. The quantitative estimate of drug-likeness (QED) is 0.173. The van der Waals surface area contributed by atoms with Crippen LogP contribution in [0.4, 0.5) is 0 Å². The highest BCUT2D eigenvalue weighted by Crippen LogP contribution is 2.01. The molecule has 3 atom stereocenters. The third kappa shape index (κ3) is 10.4. The molecule has 0 aromatic rings. The molecule has 0 radical (unpaired) electrons. The maximum absolute atomic E-state index is 12.3. The van der Waals surface area contributed by atoms with Gasteiger partial charge in [-0.2, -0.15) is 0 Å². The number of carbonyl (C=O) groups excluding carboxylic acids is 4. The van der Waals surface area contributed by atoms with Crippen LogP contribution in [0.25, 0.3) is 0 Å². The van der Waals surface area contributed by atoms with Gasteiger partial charge in [-0.1, -0.05) is 0 Å². The summed E-state index contributed by atoms with van der Waals surface area (Å²) in [6, 6.07) is -3.92. The van der Waals surface area contributed by atoms with Crippen LogP contribution in [0, 0.1) is 0 Å². The number of amides is 4.